The Hall–Kier alpha value is -3.15. The lowest BCUT2D eigenvalue weighted by atomic mass is 10.1. The molecule has 25 heavy (non-hydrogen) atoms. The highest BCUT2D eigenvalue weighted by Crippen LogP contribution is 2.11. The Morgan fingerprint density at radius 1 is 0.840 bits per heavy atom. The van der Waals surface area contributed by atoms with Gasteiger partial charge in [-0.2, -0.15) is 0 Å². The molecule has 0 saturated heterocycles. The van der Waals surface area contributed by atoms with Crippen LogP contribution in [0.1, 0.15) is 40.5 Å². The maximum absolute atomic E-state index is 11.9. The van der Waals surface area contributed by atoms with E-state index >= 15 is 0 Å². The lowest BCUT2D eigenvalue weighted by Gasteiger charge is -2.08. The average molecular weight is 340 g/mol. The molecule has 2 amide bonds. The topological polar surface area (TPSA) is 84.5 Å². The van der Waals surface area contributed by atoms with Crippen molar-refractivity contribution in [3.05, 3.63) is 65.7 Å². The molecule has 0 aliphatic rings. The minimum Gasteiger partial charge on any atom is -0.494 e. The number of nitrogens with one attached hydrogen (secondary N) is 2. The van der Waals surface area contributed by atoms with E-state index < -0.39 is 11.8 Å². The second-order valence-corrected chi connectivity index (χ2v) is 5.25. The van der Waals surface area contributed by atoms with Crippen LogP contribution in [0.4, 0.5) is 0 Å². The van der Waals surface area contributed by atoms with E-state index in [9.17, 15) is 14.4 Å². The molecule has 0 heterocycles. The maximum atomic E-state index is 11.9. The molecular weight excluding hydrogens is 320 g/mol. The highest BCUT2D eigenvalue weighted by molar-refractivity contribution is 5.98. The molecule has 0 unspecified atom stereocenters. The third-order valence-electron chi connectivity index (χ3n) is 3.42. The quantitative estimate of drug-likeness (QED) is 0.599. The van der Waals surface area contributed by atoms with E-state index in [1.807, 2.05) is 13.0 Å². The molecule has 0 aliphatic heterocycles. The Morgan fingerprint density at radius 2 is 1.52 bits per heavy atom. The Kier molecular flexibility index (Phi) is 6.71. The van der Waals surface area contributed by atoms with Crippen LogP contribution in [0.15, 0.2) is 54.6 Å². The Balaban J connectivity index is 1.75. The summed E-state index contributed by atoms with van der Waals surface area (Å²) in [6.07, 6.45) is 0.0755. The van der Waals surface area contributed by atoms with Gasteiger partial charge in [0.2, 0.25) is 5.91 Å². The fourth-order valence-corrected chi connectivity index (χ4v) is 2.13. The number of benzene rings is 2. The lowest BCUT2D eigenvalue weighted by Crippen LogP contribution is -2.41. The van der Waals surface area contributed by atoms with E-state index in [4.69, 9.17) is 4.74 Å². The number of Topliss-reactive ketones (excluding diaryl/α,β-unsaturated/α-hetero) is 1. The average Bonchev–Trinajstić information content (AvgIpc) is 2.65. The summed E-state index contributed by atoms with van der Waals surface area (Å²) in [7, 11) is 0. The number of rotatable bonds is 7. The fourth-order valence-electron chi connectivity index (χ4n) is 2.13. The van der Waals surface area contributed by atoms with Gasteiger partial charge in [0.15, 0.2) is 5.78 Å². The fraction of sp³-hybridized carbons (Fsp3) is 0.211. The Labute approximate surface area is 146 Å². The summed E-state index contributed by atoms with van der Waals surface area (Å²) >= 11 is 0. The standard InChI is InChI=1S/C19H20N2O4/c1-2-25-16-10-8-15(9-11-16)19(24)21-20-18(23)13-12-17(22)14-6-4-3-5-7-14/h3-11H,2,12-13H2,1H3,(H,20,23)(H,21,24). The molecule has 6 heteroatoms. The minimum absolute atomic E-state index is 0.00269. The molecule has 0 spiro atoms. The van der Waals surface area contributed by atoms with Crippen LogP contribution in [-0.2, 0) is 4.79 Å². The van der Waals surface area contributed by atoms with Crippen LogP contribution in [0.2, 0.25) is 0 Å². The number of amides is 2. The molecule has 0 bridgehead atoms. The van der Waals surface area contributed by atoms with Crippen molar-refractivity contribution < 1.29 is 19.1 Å². The summed E-state index contributed by atoms with van der Waals surface area (Å²) in [6, 6.07) is 15.3. The van der Waals surface area contributed by atoms with Crippen LogP contribution in [0.3, 0.4) is 0 Å². The van der Waals surface area contributed by atoms with Crippen LogP contribution >= 0.6 is 0 Å². The highest BCUT2D eigenvalue weighted by atomic mass is 16.5. The minimum atomic E-state index is -0.439. The monoisotopic (exact) mass is 340 g/mol. The van der Waals surface area contributed by atoms with Crippen molar-refractivity contribution in [1.82, 2.24) is 10.9 Å². The molecule has 0 fully saturated rings. The molecule has 0 aliphatic carbocycles. The zero-order valence-electron chi connectivity index (χ0n) is 14.0. The molecule has 0 saturated carbocycles. The van der Waals surface area contributed by atoms with Crippen molar-refractivity contribution in [2.45, 2.75) is 19.8 Å². The summed E-state index contributed by atoms with van der Waals surface area (Å²) < 4.78 is 5.30. The van der Waals surface area contributed by atoms with E-state index in [0.29, 0.717) is 23.5 Å². The summed E-state index contributed by atoms with van der Waals surface area (Å²) in [4.78, 5) is 35.6. The Bertz CT molecular complexity index is 727. The largest absolute Gasteiger partial charge is 0.494 e. The number of ether oxygens (including phenoxy) is 1. The number of carbonyl (C=O) groups is 3. The third-order valence-corrected chi connectivity index (χ3v) is 3.42. The molecule has 0 atom stereocenters. The molecule has 2 aromatic carbocycles. The number of hydrazine groups is 1. The number of ketones is 1. The van der Waals surface area contributed by atoms with Crippen molar-refractivity contribution in [2.75, 3.05) is 6.61 Å². The Morgan fingerprint density at radius 3 is 2.16 bits per heavy atom. The SMILES string of the molecule is CCOc1ccc(C(=O)NNC(=O)CCC(=O)c2ccccc2)cc1. The van der Waals surface area contributed by atoms with E-state index in [1.165, 1.54) is 0 Å². The van der Waals surface area contributed by atoms with Gasteiger partial charge in [-0.05, 0) is 31.2 Å². The van der Waals surface area contributed by atoms with Gasteiger partial charge in [0.1, 0.15) is 5.75 Å². The van der Waals surface area contributed by atoms with Gasteiger partial charge >= 0.3 is 0 Å². The van der Waals surface area contributed by atoms with Gasteiger partial charge in [-0.25, -0.2) is 0 Å². The zero-order valence-corrected chi connectivity index (χ0v) is 14.0. The van der Waals surface area contributed by atoms with Crippen molar-refractivity contribution in [2.24, 2.45) is 0 Å². The number of hydrogen-bond donors (Lipinski definition) is 2. The number of carbonyl (C=O) groups excluding carboxylic acids is 3. The van der Waals surface area contributed by atoms with Crippen molar-refractivity contribution >= 4 is 17.6 Å². The maximum Gasteiger partial charge on any atom is 0.269 e. The predicted molar refractivity (Wildman–Crippen MR) is 93.2 cm³/mol. The van der Waals surface area contributed by atoms with Crippen molar-refractivity contribution in [1.29, 1.82) is 0 Å². The van der Waals surface area contributed by atoms with Gasteiger partial charge in [-0.3, -0.25) is 25.2 Å². The van der Waals surface area contributed by atoms with Crippen molar-refractivity contribution in [3.63, 3.8) is 0 Å². The molecule has 2 N–H and O–H groups in total. The molecule has 2 rings (SSSR count). The normalized spacial score (nSPS) is 9.96. The summed E-state index contributed by atoms with van der Waals surface area (Å²) in [5.41, 5.74) is 5.58. The lowest BCUT2D eigenvalue weighted by molar-refractivity contribution is -0.121. The van der Waals surface area contributed by atoms with Crippen molar-refractivity contribution in [3.8, 4) is 5.75 Å². The smallest absolute Gasteiger partial charge is 0.269 e. The molecular formula is C19H20N2O4. The highest BCUT2D eigenvalue weighted by Gasteiger charge is 2.10. The predicted octanol–water partition coefficient (Wildman–Crippen LogP) is 2.51. The van der Waals surface area contributed by atoms with E-state index in [-0.39, 0.29) is 18.6 Å². The van der Waals surface area contributed by atoms with Gasteiger partial charge in [0, 0.05) is 24.0 Å². The van der Waals surface area contributed by atoms with Gasteiger partial charge < -0.3 is 4.74 Å². The summed E-state index contributed by atoms with van der Waals surface area (Å²) in [5.74, 6) is -0.314. The first kappa shape index (κ1) is 18.2. The van der Waals surface area contributed by atoms with Gasteiger partial charge in [-0.1, -0.05) is 30.3 Å². The van der Waals surface area contributed by atoms with Crippen LogP contribution in [-0.4, -0.2) is 24.2 Å². The van der Waals surface area contributed by atoms with Crippen LogP contribution in [0, 0.1) is 0 Å². The van der Waals surface area contributed by atoms with E-state index in [1.54, 1.807) is 48.5 Å². The van der Waals surface area contributed by atoms with Crippen LogP contribution < -0.4 is 15.6 Å². The molecule has 0 radical (unpaired) electrons. The second kappa shape index (κ2) is 9.22. The summed E-state index contributed by atoms with van der Waals surface area (Å²) in [5, 5.41) is 0. The molecule has 0 aromatic heterocycles. The number of hydrogen-bond acceptors (Lipinski definition) is 4. The third kappa shape index (κ3) is 5.76. The van der Waals surface area contributed by atoms with E-state index in [2.05, 4.69) is 10.9 Å². The van der Waals surface area contributed by atoms with Gasteiger partial charge in [0.25, 0.3) is 5.91 Å². The molecule has 6 nitrogen and oxygen atoms in total. The van der Waals surface area contributed by atoms with E-state index in [0.717, 1.165) is 0 Å². The second-order valence-electron chi connectivity index (χ2n) is 5.25. The first-order valence-electron chi connectivity index (χ1n) is 8.00. The first-order valence-corrected chi connectivity index (χ1v) is 8.00. The first-order chi connectivity index (χ1) is 12.1. The van der Waals surface area contributed by atoms with Crippen LogP contribution in [0.25, 0.3) is 0 Å². The zero-order chi connectivity index (χ0) is 18.1. The van der Waals surface area contributed by atoms with Crippen LogP contribution in [0.5, 0.6) is 5.75 Å². The summed E-state index contributed by atoms with van der Waals surface area (Å²) in [6.45, 7) is 2.42. The van der Waals surface area contributed by atoms with Gasteiger partial charge in [0.05, 0.1) is 6.61 Å². The van der Waals surface area contributed by atoms with Gasteiger partial charge in [-0.15, -0.1) is 0 Å². The molecule has 2 aromatic rings. The molecule has 130 valence electrons.